The summed E-state index contributed by atoms with van der Waals surface area (Å²) in [5, 5.41) is 6.50. The number of hydrogen-bond donors (Lipinski definition) is 2. The Morgan fingerprint density at radius 1 is 1.22 bits per heavy atom. The van der Waals surface area contributed by atoms with Gasteiger partial charge in [0.15, 0.2) is 5.96 Å². The molecule has 0 aromatic heterocycles. The van der Waals surface area contributed by atoms with Gasteiger partial charge in [0.2, 0.25) is 5.91 Å². The van der Waals surface area contributed by atoms with Gasteiger partial charge in [-0.05, 0) is 25.2 Å². The van der Waals surface area contributed by atoms with Gasteiger partial charge in [0, 0.05) is 46.8 Å². The monoisotopic (exact) mass is 439 g/mol. The Balaban J connectivity index is 0.00000484. The highest BCUT2D eigenvalue weighted by Crippen LogP contribution is 2.20. The van der Waals surface area contributed by atoms with Gasteiger partial charge in [0.25, 0.3) is 0 Å². The molecule has 0 aromatic carbocycles. The van der Waals surface area contributed by atoms with Gasteiger partial charge in [-0.1, -0.05) is 13.8 Å². The molecule has 1 amide bonds. The molecule has 0 bridgehead atoms. The predicted molar refractivity (Wildman–Crippen MR) is 107 cm³/mol. The molecule has 2 unspecified atom stereocenters. The molecule has 7 heteroatoms. The molecule has 1 aliphatic heterocycles. The molecular formula is C16H34IN5O. The molecule has 1 rings (SSSR count). The maximum Gasteiger partial charge on any atom is 0.243 e. The number of carbonyl (C=O) groups excluding carboxylic acids is 1. The fraction of sp³-hybridized carbons (Fsp3) is 0.875. The minimum atomic E-state index is 0. The number of guanidine groups is 1. The van der Waals surface area contributed by atoms with Crippen LogP contribution >= 0.6 is 24.0 Å². The van der Waals surface area contributed by atoms with E-state index in [4.69, 9.17) is 0 Å². The van der Waals surface area contributed by atoms with Crippen LogP contribution in [0.25, 0.3) is 0 Å². The third-order valence-electron chi connectivity index (χ3n) is 3.88. The Bertz CT molecular complexity index is 365. The molecule has 1 saturated heterocycles. The van der Waals surface area contributed by atoms with Crippen molar-refractivity contribution in [3.05, 3.63) is 0 Å². The zero-order valence-electron chi connectivity index (χ0n) is 15.3. The Kier molecular flexibility index (Phi) is 11.6. The van der Waals surface area contributed by atoms with Gasteiger partial charge in [0.05, 0.1) is 0 Å². The van der Waals surface area contributed by atoms with Gasteiger partial charge in [0.1, 0.15) is 6.54 Å². The lowest BCUT2D eigenvalue weighted by molar-refractivity contribution is -0.127. The quantitative estimate of drug-likeness (QED) is 0.371. The average Bonchev–Trinajstić information content (AvgIpc) is 2.43. The first kappa shape index (κ1) is 22.4. The van der Waals surface area contributed by atoms with E-state index in [0.29, 0.717) is 0 Å². The molecule has 1 fully saturated rings. The van der Waals surface area contributed by atoms with E-state index in [1.807, 2.05) is 6.92 Å². The number of amides is 1. The van der Waals surface area contributed by atoms with Crippen LogP contribution in [0.1, 0.15) is 27.2 Å². The summed E-state index contributed by atoms with van der Waals surface area (Å²) >= 11 is 0. The van der Waals surface area contributed by atoms with Crippen molar-refractivity contribution >= 4 is 35.8 Å². The first-order valence-corrected chi connectivity index (χ1v) is 8.37. The van der Waals surface area contributed by atoms with Gasteiger partial charge in [-0.3, -0.25) is 4.79 Å². The van der Waals surface area contributed by atoms with Crippen LogP contribution < -0.4 is 10.6 Å². The number of piperidine rings is 1. The summed E-state index contributed by atoms with van der Waals surface area (Å²) in [5.74, 6) is 2.29. The Hall–Kier alpha value is -0.570. The summed E-state index contributed by atoms with van der Waals surface area (Å²) in [6.45, 7) is 11.9. The lowest BCUT2D eigenvalue weighted by Gasteiger charge is -2.35. The maximum absolute atomic E-state index is 11.6. The topological polar surface area (TPSA) is 60.0 Å². The summed E-state index contributed by atoms with van der Waals surface area (Å²) in [6.07, 6.45) is 1.33. The van der Waals surface area contributed by atoms with Crippen molar-refractivity contribution in [2.24, 2.45) is 16.8 Å². The van der Waals surface area contributed by atoms with Crippen LogP contribution in [0.5, 0.6) is 0 Å². The highest BCUT2D eigenvalue weighted by molar-refractivity contribution is 14.0. The fourth-order valence-corrected chi connectivity index (χ4v) is 2.94. The highest BCUT2D eigenvalue weighted by atomic mass is 127. The Morgan fingerprint density at radius 2 is 1.83 bits per heavy atom. The fourth-order valence-electron chi connectivity index (χ4n) is 2.94. The first-order chi connectivity index (χ1) is 10.4. The average molecular weight is 439 g/mol. The van der Waals surface area contributed by atoms with Crippen molar-refractivity contribution in [1.82, 2.24) is 20.4 Å². The largest absolute Gasteiger partial charge is 0.357 e. The minimum absolute atomic E-state index is 0. The van der Waals surface area contributed by atoms with E-state index in [1.54, 1.807) is 19.0 Å². The molecule has 6 nitrogen and oxygen atoms in total. The number of hydrogen-bond acceptors (Lipinski definition) is 3. The van der Waals surface area contributed by atoms with Crippen LogP contribution in [-0.2, 0) is 4.79 Å². The highest BCUT2D eigenvalue weighted by Gasteiger charge is 2.21. The lowest BCUT2D eigenvalue weighted by Crippen LogP contribution is -2.45. The molecule has 1 aliphatic rings. The molecule has 136 valence electrons. The van der Waals surface area contributed by atoms with E-state index >= 15 is 0 Å². The number of nitrogens with one attached hydrogen (secondary N) is 2. The number of likely N-dealkylation sites (tertiary alicyclic amines) is 1. The molecule has 0 radical (unpaired) electrons. The normalized spacial score (nSPS) is 22.2. The van der Waals surface area contributed by atoms with Crippen molar-refractivity contribution in [2.75, 3.05) is 53.4 Å². The second-order valence-corrected chi connectivity index (χ2v) is 6.62. The molecule has 0 saturated carbocycles. The Labute approximate surface area is 158 Å². The van der Waals surface area contributed by atoms with Crippen molar-refractivity contribution < 1.29 is 4.79 Å². The number of halogens is 1. The van der Waals surface area contributed by atoms with Crippen molar-refractivity contribution in [1.29, 1.82) is 0 Å². The van der Waals surface area contributed by atoms with Crippen LogP contribution in [0.2, 0.25) is 0 Å². The second kappa shape index (κ2) is 11.9. The third-order valence-corrected chi connectivity index (χ3v) is 3.88. The SMILES string of the molecule is CCNC(=NCC(=O)N(C)C)NCCN1CC(C)CC(C)C1.I. The molecule has 23 heavy (non-hydrogen) atoms. The van der Waals surface area contributed by atoms with Crippen LogP contribution in [0.4, 0.5) is 0 Å². The van der Waals surface area contributed by atoms with Gasteiger partial charge in [-0.25, -0.2) is 4.99 Å². The van der Waals surface area contributed by atoms with Gasteiger partial charge in [-0.15, -0.1) is 24.0 Å². The Morgan fingerprint density at radius 3 is 2.35 bits per heavy atom. The molecule has 0 aromatic rings. The van der Waals surface area contributed by atoms with Crippen LogP contribution in [0, 0.1) is 11.8 Å². The van der Waals surface area contributed by atoms with Crippen molar-refractivity contribution in [3.63, 3.8) is 0 Å². The van der Waals surface area contributed by atoms with Crippen molar-refractivity contribution in [2.45, 2.75) is 27.2 Å². The predicted octanol–water partition coefficient (Wildman–Crippen LogP) is 1.23. The number of nitrogens with zero attached hydrogens (tertiary/aromatic N) is 3. The van der Waals surface area contributed by atoms with E-state index in [2.05, 4.69) is 34.4 Å². The maximum atomic E-state index is 11.6. The summed E-state index contributed by atoms with van der Waals surface area (Å²) in [6, 6.07) is 0. The second-order valence-electron chi connectivity index (χ2n) is 6.62. The van der Waals surface area contributed by atoms with Crippen LogP contribution in [0.15, 0.2) is 4.99 Å². The third kappa shape index (κ3) is 9.34. The number of rotatable bonds is 6. The summed E-state index contributed by atoms with van der Waals surface area (Å²) in [5.41, 5.74) is 0. The summed E-state index contributed by atoms with van der Waals surface area (Å²) < 4.78 is 0. The number of aliphatic imine (C=N–C) groups is 1. The molecule has 2 atom stereocenters. The zero-order chi connectivity index (χ0) is 16.5. The van der Waals surface area contributed by atoms with E-state index in [1.165, 1.54) is 19.5 Å². The molecule has 1 heterocycles. The standard InChI is InChI=1S/C16H33N5O.HI/c1-6-17-16(19-10-15(22)20(4)5)18-7-8-21-11-13(2)9-14(3)12-21;/h13-14H,6-12H2,1-5H3,(H2,17,18,19);1H. The van der Waals surface area contributed by atoms with Gasteiger partial charge in [-0.2, -0.15) is 0 Å². The van der Waals surface area contributed by atoms with Crippen LogP contribution in [0.3, 0.4) is 0 Å². The number of carbonyl (C=O) groups is 1. The van der Waals surface area contributed by atoms with E-state index in [0.717, 1.165) is 37.4 Å². The summed E-state index contributed by atoms with van der Waals surface area (Å²) in [4.78, 5) is 20.0. The molecular weight excluding hydrogens is 405 g/mol. The van der Waals surface area contributed by atoms with E-state index in [-0.39, 0.29) is 36.4 Å². The van der Waals surface area contributed by atoms with Crippen LogP contribution in [-0.4, -0.2) is 75.0 Å². The molecule has 2 N–H and O–H groups in total. The lowest BCUT2D eigenvalue weighted by atomic mass is 9.92. The summed E-state index contributed by atoms with van der Waals surface area (Å²) in [7, 11) is 3.49. The zero-order valence-corrected chi connectivity index (χ0v) is 17.6. The minimum Gasteiger partial charge on any atom is -0.357 e. The van der Waals surface area contributed by atoms with Gasteiger partial charge >= 0.3 is 0 Å². The number of likely N-dealkylation sites (N-methyl/N-ethyl adjacent to an activating group) is 1. The molecule has 0 aliphatic carbocycles. The first-order valence-electron chi connectivity index (χ1n) is 8.37. The van der Waals surface area contributed by atoms with Crippen molar-refractivity contribution in [3.8, 4) is 0 Å². The van der Waals surface area contributed by atoms with E-state index < -0.39 is 0 Å². The van der Waals surface area contributed by atoms with E-state index in [9.17, 15) is 4.79 Å². The smallest absolute Gasteiger partial charge is 0.243 e. The van der Waals surface area contributed by atoms with Gasteiger partial charge < -0.3 is 20.4 Å². The molecule has 0 spiro atoms.